The molecule has 0 aromatic heterocycles. The summed E-state index contributed by atoms with van der Waals surface area (Å²) in [7, 11) is 0. The maximum absolute atomic E-state index is 13.8. The van der Waals surface area contributed by atoms with E-state index >= 15 is 0 Å². The number of amides is 3. The Morgan fingerprint density at radius 2 is 1.37 bits per heavy atom. The van der Waals surface area contributed by atoms with Crippen molar-refractivity contribution in [2.24, 2.45) is 0 Å². The third kappa shape index (κ3) is 4.80. The molecular formula is C29H31N3O3. The first-order chi connectivity index (χ1) is 17.0. The SMILES string of the molecule is O=C1N(Cc2ccccc2)C(=O)C2(CCN(Cc3cccc(O)c3)CC2)N1CCc1ccccc1. The largest absolute Gasteiger partial charge is 0.508 e. The van der Waals surface area contributed by atoms with Crippen molar-refractivity contribution in [3.8, 4) is 5.75 Å². The standard InChI is InChI=1S/C29H31N3O3/c33-26-13-7-12-25(20-26)21-30-18-15-29(16-19-30)27(34)31(22-24-10-5-2-6-11-24)28(35)32(29)17-14-23-8-3-1-4-9-23/h1-13,20,33H,14-19,21-22H2. The van der Waals surface area contributed by atoms with E-state index in [1.54, 1.807) is 12.1 Å². The van der Waals surface area contributed by atoms with Crippen molar-refractivity contribution in [3.05, 3.63) is 102 Å². The van der Waals surface area contributed by atoms with Gasteiger partial charge in [-0.15, -0.1) is 0 Å². The van der Waals surface area contributed by atoms with Gasteiger partial charge < -0.3 is 10.0 Å². The Bertz CT molecular complexity index is 1170. The number of likely N-dealkylation sites (tertiary alicyclic amines) is 1. The third-order valence-corrected chi connectivity index (χ3v) is 7.27. The summed E-state index contributed by atoms with van der Waals surface area (Å²) in [5.74, 6) is 0.188. The number of nitrogens with zero attached hydrogens (tertiary/aromatic N) is 3. The Morgan fingerprint density at radius 1 is 0.743 bits per heavy atom. The lowest BCUT2D eigenvalue weighted by Gasteiger charge is -2.42. The van der Waals surface area contributed by atoms with E-state index < -0.39 is 5.54 Å². The molecule has 1 spiro atoms. The molecule has 0 bridgehead atoms. The van der Waals surface area contributed by atoms with Crippen LogP contribution >= 0.6 is 0 Å². The molecular weight excluding hydrogens is 438 g/mol. The van der Waals surface area contributed by atoms with Crippen LogP contribution in [0.3, 0.4) is 0 Å². The highest BCUT2D eigenvalue weighted by molar-refractivity contribution is 6.07. The van der Waals surface area contributed by atoms with Gasteiger partial charge >= 0.3 is 6.03 Å². The molecule has 2 fully saturated rings. The molecule has 3 aromatic rings. The van der Waals surface area contributed by atoms with Crippen molar-refractivity contribution in [1.82, 2.24) is 14.7 Å². The summed E-state index contributed by atoms with van der Waals surface area (Å²) in [5.41, 5.74) is 2.36. The molecule has 0 unspecified atom stereocenters. The monoisotopic (exact) mass is 469 g/mol. The minimum absolute atomic E-state index is 0.0728. The molecule has 180 valence electrons. The van der Waals surface area contributed by atoms with Crippen LogP contribution in [-0.2, 0) is 24.3 Å². The highest BCUT2D eigenvalue weighted by atomic mass is 16.3. The van der Waals surface area contributed by atoms with E-state index in [1.165, 1.54) is 4.90 Å². The number of hydrogen-bond donors (Lipinski definition) is 1. The summed E-state index contributed by atoms with van der Waals surface area (Å²) in [6, 6.07) is 27.0. The summed E-state index contributed by atoms with van der Waals surface area (Å²) in [6.45, 7) is 2.97. The Hall–Kier alpha value is -3.64. The van der Waals surface area contributed by atoms with Gasteiger partial charge in [-0.25, -0.2) is 4.79 Å². The van der Waals surface area contributed by atoms with Crippen LogP contribution in [0.25, 0.3) is 0 Å². The van der Waals surface area contributed by atoms with Gasteiger partial charge in [-0.3, -0.25) is 14.6 Å². The van der Waals surface area contributed by atoms with Crippen LogP contribution in [0.2, 0.25) is 0 Å². The average molecular weight is 470 g/mol. The first-order valence-corrected chi connectivity index (χ1v) is 12.3. The van der Waals surface area contributed by atoms with E-state index in [1.807, 2.05) is 65.6 Å². The van der Waals surface area contributed by atoms with Crippen molar-refractivity contribution in [1.29, 1.82) is 0 Å². The Labute approximate surface area is 206 Å². The highest BCUT2D eigenvalue weighted by Crippen LogP contribution is 2.38. The smallest absolute Gasteiger partial charge is 0.328 e. The lowest BCUT2D eigenvalue weighted by molar-refractivity contribution is -0.136. The third-order valence-electron chi connectivity index (χ3n) is 7.27. The summed E-state index contributed by atoms with van der Waals surface area (Å²) in [6.07, 6.45) is 1.93. The molecule has 0 atom stereocenters. The zero-order valence-corrected chi connectivity index (χ0v) is 19.8. The Balaban J connectivity index is 1.35. The topological polar surface area (TPSA) is 64.1 Å². The number of hydrogen-bond acceptors (Lipinski definition) is 4. The molecule has 3 amide bonds. The van der Waals surface area contributed by atoms with Gasteiger partial charge in [-0.05, 0) is 48.1 Å². The minimum atomic E-state index is -0.796. The number of piperidine rings is 1. The molecule has 3 aromatic carbocycles. The number of urea groups is 1. The number of phenolic OH excluding ortho intramolecular Hbond substituents is 1. The lowest BCUT2D eigenvalue weighted by atomic mass is 9.85. The summed E-state index contributed by atoms with van der Waals surface area (Å²) >= 11 is 0. The normalized spacial score (nSPS) is 17.9. The van der Waals surface area contributed by atoms with E-state index in [0.717, 1.165) is 29.8 Å². The fraction of sp³-hybridized carbons (Fsp3) is 0.310. The number of carbonyl (C=O) groups is 2. The Kier molecular flexibility index (Phi) is 6.55. The van der Waals surface area contributed by atoms with Gasteiger partial charge in [0.2, 0.25) is 0 Å². The molecule has 6 heteroatoms. The van der Waals surface area contributed by atoms with E-state index in [9.17, 15) is 14.7 Å². The number of imide groups is 1. The fourth-order valence-electron chi connectivity index (χ4n) is 5.36. The zero-order valence-electron chi connectivity index (χ0n) is 19.8. The second-order valence-corrected chi connectivity index (χ2v) is 9.52. The van der Waals surface area contributed by atoms with Crippen LogP contribution in [0.15, 0.2) is 84.9 Å². The number of rotatable bonds is 7. The molecule has 0 radical (unpaired) electrons. The summed E-state index contributed by atoms with van der Waals surface area (Å²) < 4.78 is 0. The molecule has 0 saturated carbocycles. The molecule has 2 heterocycles. The van der Waals surface area contributed by atoms with Gasteiger partial charge in [-0.2, -0.15) is 0 Å². The first kappa shape index (κ1) is 23.1. The Morgan fingerprint density at radius 3 is 2.03 bits per heavy atom. The molecule has 0 aliphatic carbocycles. The predicted molar refractivity (Wildman–Crippen MR) is 135 cm³/mol. The van der Waals surface area contributed by atoms with Crippen molar-refractivity contribution >= 4 is 11.9 Å². The van der Waals surface area contributed by atoms with Crippen LogP contribution in [0.1, 0.15) is 29.5 Å². The van der Waals surface area contributed by atoms with Crippen molar-refractivity contribution in [2.45, 2.75) is 37.9 Å². The quantitative estimate of drug-likeness (QED) is 0.520. The van der Waals surface area contributed by atoms with Crippen molar-refractivity contribution in [3.63, 3.8) is 0 Å². The molecule has 35 heavy (non-hydrogen) atoms. The number of phenols is 1. The maximum atomic E-state index is 13.8. The van der Waals surface area contributed by atoms with Crippen LogP contribution < -0.4 is 0 Å². The molecule has 6 nitrogen and oxygen atoms in total. The van der Waals surface area contributed by atoms with Gasteiger partial charge in [0.05, 0.1) is 6.54 Å². The van der Waals surface area contributed by atoms with E-state index in [2.05, 4.69) is 17.0 Å². The first-order valence-electron chi connectivity index (χ1n) is 12.3. The van der Waals surface area contributed by atoms with E-state index in [0.29, 0.717) is 38.9 Å². The summed E-state index contributed by atoms with van der Waals surface area (Å²) in [4.78, 5) is 33.0. The number of benzene rings is 3. The number of carbonyl (C=O) groups excluding carboxylic acids is 2. The summed E-state index contributed by atoms with van der Waals surface area (Å²) in [5, 5.41) is 9.80. The van der Waals surface area contributed by atoms with Crippen LogP contribution in [0.5, 0.6) is 5.75 Å². The fourth-order valence-corrected chi connectivity index (χ4v) is 5.36. The van der Waals surface area contributed by atoms with Gasteiger partial charge in [0.25, 0.3) is 5.91 Å². The van der Waals surface area contributed by atoms with E-state index in [-0.39, 0.29) is 17.7 Å². The molecule has 1 N–H and O–H groups in total. The average Bonchev–Trinajstić information content (AvgIpc) is 3.06. The molecule has 2 saturated heterocycles. The number of aromatic hydroxyl groups is 1. The van der Waals surface area contributed by atoms with Crippen LogP contribution in [-0.4, -0.2) is 56.9 Å². The minimum Gasteiger partial charge on any atom is -0.508 e. The van der Waals surface area contributed by atoms with Crippen LogP contribution in [0.4, 0.5) is 4.79 Å². The van der Waals surface area contributed by atoms with Gasteiger partial charge in [0.15, 0.2) is 0 Å². The highest BCUT2D eigenvalue weighted by Gasteiger charge is 2.57. The second kappa shape index (κ2) is 9.92. The maximum Gasteiger partial charge on any atom is 0.328 e. The zero-order chi connectivity index (χ0) is 24.3. The molecule has 5 rings (SSSR count). The lowest BCUT2D eigenvalue weighted by Crippen LogP contribution is -2.56. The van der Waals surface area contributed by atoms with Crippen molar-refractivity contribution < 1.29 is 14.7 Å². The van der Waals surface area contributed by atoms with Crippen LogP contribution in [0, 0.1) is 0 Å². The van der Waals surface area contributed by atoms with Gasteiger partial charge in [0.1, 0.15) is 11.3 Å². The van der Waals surface area contributed by atoms with Crippen molar-refractivity contribution in [2.75, 3.05) is 19.6 Å². The van der Waals surface area contributed by atoms with E-state index in [4.69, 9.17) is 0 Å². The molecule has 2 aliphatic heterocycles. The van der Waals surface area contributed by atoms with Gasteiger partial charge in [-0.1, -0.05) is 72.8 Å². The predicted octanol–water partition coefficient (Wildman–Crippen LogP) is 4.43. The molecule has 2 aliphatic rings. The second-order valence-electron chi connectivity index (χ2n) is 9.52. The van der Waals surface area contributed by atoms with Gasteiger partial charge in [0, 0.05) is 26.2 Å².